The molecule has 2 heterocycles. The summed E-state index contributed by atoms with van der Waals surface area (Å²) >= 11 is 1.32. The summed E-state index contributed by atoms with van der Waals surface area (Å²) < 4.78 is 5.38. The molecule has 0 radical (unpaired) electrons. The lowest BCUT2D eigenvalue weighted by molar-refractivity contribution is -0.115. The molecule has 0 spiro atoms. The molecule has 3 rings (SSSR count). The van der Waals surface area contributed by atoms with E-state index in [2.05, 4.69) is 21.3 Å². The van der Waals surface area contributed by atoms with E-state index in [9.17, 15) is 10.1 Å². The normalized spacial score (nSPS) is 14.9. The summed E-state index contributed by atoms with van der Waals surface area (Å²) in [7, 11) is 0. The zero-order valence-corrected chi connectivity index (χ0v) is 18.1. The third-order valence-electron chi connectivity index (χ3n) is 5.24. The van der Waals surface area contributed by atoms with E-state index in [1.165, 1.54) is 11.8 Å². The molecule has 1 fully saturated rings. The number of nitrogens with zero attached hydrogens (tertiary/aromatic N) is 3. The van der Waals surface area contributed by atoms with Crippen molar-refractivity contribution in [3.8, 4) is 6.07 Å². The van der Waals surface area contributed by atoms with Gasteiger partial charge >= 0.3 is 0 Å². The molecular weight excluding hydrogens is 384 g/mol. The van der Waals surface area contributed by atoms with Gasteiger partial charge in [0.1, 0.15) is 11.1 Å². The van der Waals surface area contributed by atoms with Crippen molar-refractivity contribution in [3.63, 3.8) is 0 Å². The van der Waals surface area contributed by atoms with Gasteiger partial charge < -0.3 is 15.0 Å². The van der Waals surface area contributed by atoms with Crippen molar-refractivity contribution in [2.75, 3.05) is 36.5 Å². The van der Waals surface area contributed by atoms with Crippen LogP contribution in [-0.2, 0) is 9.53 Å². The van der Waals surface area contributed by atoms with Crippen LogP contribution in [0.15, 0.2) is 29.3 Å². The van der Waals surface area contributed by atoms with Gasteiger partial charge in [0.05, 0.1) is 24.0 Å². The van der Waals surface area contributed by atoms with Crippen LogP contribution in [0.2, 0.25) is 0 Å². The molecular formula is C22H26N4O2S. The molecule has 0 bridgehead atoms. The van der Waals surface area contributed by atoms with Crippen molar-refractivity contribution in [3.05, 3.63) is 46.6 Å². The number of carbonyl (C=O) groups excluding carboxylic acids is 1. The fourth-order valence-corrected chi connectivity index (χ4v) is 4.18. The van der Waals surface area contributed by atoms with Crippen molar-refractivity contribution in [1.82, 2.24) is 4.98 Å². The van der Waals surface area contributed by atoms with E-state index in [0.717, 1.165) is 54.5 Å². The predicted molar refractivity (Wildman–Crippen MR) is 117 cm³/mol. The Morgan fingerprint density at radius 3 is 2.48 bits per heavy atom. The van der Waals surface area contributed by atoms with E-state index >= 15 is 0 Å². The molecule has 7 heteroatoms. The average molecular weight is 411 g/mol. The lowest BCUT2D eigenvalue weighted by Crippen LogP contribution is -2.36. The second-order valence-corrected chi connectivity index (χ2v) is 8.46. The number of benzene rings is 1. The molecule has 0 aliphatic carbocycles. The van der Waals surface area contributed by atoms with E-state index in [0.29, 0.717) is 10.6 Å². The standard InChI is InChI=1S/C22H26N4O2S/c1-14-15(2)20(13-23)22(24-16(14)3)29-17(4)21(27)25-18-5-7-19(8-6-18)26-9-11-28-12-10-26/h5-8,17H,9-12H2,1-4H3,(H,25,27)/t17-/m1/s1. The quantitative estimate of drug-likeness (QED) is 0.755. The second-order valence-electron chi connectivity index (χ2n) is 7.13. The lowest BCUT2D eigenvalue weighted by atomic mass is 10.1. The van der Waals surface area contributed by atoms with Gasteiger partial charge in [-0.2, -0.15) is 5.26 Å². The van der Waals surface area contributed by atoms with Crippen LogP contribution in [0.4, 0.5) is 11.4 Å². The summed E-state index contributed by atoms with van der Waals surface area (Å²) in [5, 5.41) is 12.7. The summed E-state index contributed by atoms with van der Waals surface area (Å²) in [6.07, 6.45) is 0. The number of carbonyl (C=O) groups is 1. The summed E-state index contributed by atoms with van der Waals surface area (Å²) in [5.74, 6) is -0.115. The number of nitrogens with one attached hydrogen (secondary N) is 1. The average Bonchev–Trinajstić information content (AvgIpc) is 2.73. The monoisotopic (exact) mass is 410 g/mol. The van der Waals surface area contributed by atoms with Crippen molar-refractivity contribution in [2.45, 2.75) is 38.0 Å². The highest BCUT2D eigenvalue weighted by Gasteiger charge is 2.20. The maximum absolute atomic E-state index is 12.7. The Morgan fingerprint density at radius 2 is 1.86 bits per heavy atom. The SMILES string of the molecule is Cc1nc(S[C@H](C)C(=O)Nc2ccc(N3CCOCC3)cc2)c(C#N)c(C)c1C. The Hall–Kier alpha value is -2.56. The minimum Gasteiger partial charge on any atom is -0.378 e. The summed E-state index contributed by atoms with van der Waals surface area (Å²) in [5.41, 5.74) is 5.26. The molecule has 1 amide bonds. The Bertz CT molecular complexity index is 931. The number of morpholine rings is 1. The minimum absolute atomic E-state index is 0.115. The first kappa shape index (κ1) is 21.2. The Labute approximate surface area is 176 Å². The Balaban J connectivity index is 1.66. The fraction of sp³-hybridized carbons (Fsp3) is 0.409. The van der Waals surface area contributed by atoms with Gasteiger partial charge in [-0.05, 0) is 63.1 Å². The molecule has 1 N–H and O–H groups in total. The van der Waals surface area contributed by atoms with Gasteiger partial charge in [-0.1, -0.05) is 11.8 Å². The number of aryl methyl sites for hydroxylation is 1. The molecule has 0 saturated carbocycles. The van der Waals surface area contributed by atoms with E-state index in [1.807, 2.05) is 52.0 Å². The van der Waals surface area contributed by atoms with Crippen LogP contribution in [0.5, 0.6) is 0 Å². The number of amides is 1. The highest BCUT2D eigenvalue weighted by Crippen LogP contribution is 2.30. The summed E-state index contributed by atoms with van der Waals surface area (Å²) in [6.45, 7) is 10.9. The largest absolute Gasteiger partial charge is 0.378 e. The predicted octanol–water partition coefficient (Wildman–Crippen LogP) is 3.83. The van der Waals surface area contributed by atoms with Crippen LogP contribution in [0, 0.1) is 32.1 Å². The molecule has 152 valence electrons. The molecule has 6 nitrogen and oxygen atoms in total. The number of rotatable bonds is 5. The van der Waals surface area contributed by atoms with Gasteiger partial charge in [-0.15, -0.1) is 0 Å². The van der Waals surface area contributed by atoms with Crippen LogP contribution in [-0.4, -0.2) is 42.4 Å². The van der Waals surface area contributed by atoms with Crippen molar-refractivity contribution >= 4 is 29.0 Å². The molecule has 1 aromatic heterocycles. The van der Waals surface area contributed by atoms with Gasteiger partial charge in [0.15, 0.2) is 0 Å². The van der Waals surface area contributed by atoms with Crippen LogP contribution in [0.3, 0.4) is 0 Å². The van der Waals surface area contributed by atoms with Gasteiger partial charge in [-0.25, -0.2) is 4.98 Å². The number of hydrogen-bond donors (Lipinski definition) is 1. The molecule has 0 unspecified atom stereocenters. The highest BCUT2D eigenvalue weighted by molar-refractivity contribution is 8.00. The van der Waals surface area contributed by atoms with Gasteiger partial charge in [0.2, 0.25) is 5.91 Å². The number of anilines is 2. The van der Waals surface area contributed by atoms with Crippen LogP contribution >= 0.6 is 11.8 Å². The number of pyridine rings is 1. The van der Waals surface area contributed by atoms with Gasteiger partial charge in [0.25, 0.3) is 0 Å². The molecule has 1 atom stereocenters. The number of hydrogen-bond acceptors (Lipinski definition) is 6. The highest BCUT2D eigenvalue weighted by atomic mass is 32.2. The molecule has 2 aromatic rings. The van der Waals surface area contributed by atoms with E-state index in [4.69, 9.17) is 4.74 Å². The molecule has 1 aromatic carbocycles. The molecule has 1 aliphatic rings. The summed E-state index contributed by atoms with van der Waals surface area (Å²) in [6, 6.07) is 10.1. The van der Waals surface area contributed by atoms with E-state index < -0.39 is 0 Å². The maximum atomic E-state index is 12.7. The summed E-state index contributed by atoms with van der Waals surface area (Å²) in [4.78, 5) is 19.5. The number of thioether (sulfide) groups is 1. The molecule has 1 aliphatic heterocycles. The van der Waals surface area contributed by atoms with Gasteiger partial charge in [-0.3, -0.25) is 4.79 Å². The number of nitriles is 1. The first-order valence-electron chi connectivity index (χ1n) is 9.69. The van der Waals surface area contributed by atoms with Crippen LogP contribution < -0.4 is 10.2 Å². The first-order valence-corrected chi connectivity index (χ1v) is 10.6. The van der Waals surface area contributed by atoms with E-state index in [1.54, 1.807) is 0 Å². The molecule has 1 saturated heterocycles. The third-order valence-corrected chi connectivity index (χ3v) is 6.33. The number of aromatic nitrogens is 1. The van der Waals surface area contributed by atoms with E-state index in [-0.39, 0.29) is 11.2 Å². The van der Waals surface area contributed by atoms with Crippen LogP contribution in [0.1, 0.15) is 29.3 Å². The zero-order chi connectivity index (χ0) is 21.0. The van der Waals surface area contributed by atoms with Gasteiger partial charge in [0, 0.05) is 30.2 Å². The Kier molecular flexibility index (Phi) is 6.78. The fourth-order valence-electron chi connectivity index (χ4n) is 3.17. The first-order chi connectivity index (χ1) is 13.9. The van der Waals surface area contributed by atoms with Crippen molar-refractivity contribution in [2.24, 2.45) is 0 Å². The second kappa shape index (κ2) is 9.29. The molecule has 29 heavy (non-hydrogen) atoms. The van der Waals surface area contributed by atoms with Crippen molar-refractivity contribution in [1.29, 1.82) is 5.26 Å². The maximum Gasteiger partial charge on any atom is 0.237 e. The lowest BCUT2D eigenvalue weighted by Gasteiger charge is -2.28. The topological polar surface area (TPSA) is 78.2 Å². The minimum atomic E-state index is -0.380. The van der Waals surface area contributed by atoms with Crippen LogP contribution in [0.25, 0.3) is 0 Å². The Morgan fingerprint density at radius 1 is 1.21 bits per heavy atom. The zero-order valence-electron chi connectivity index (χ0n) is 17.3. The van der Waals surface area contributed by atoms with Crippen molar-refractivity contribution < 1.29 is 9.53 Å². The number of ether oxygens (including phenoxy) is 1. The smallest absolute Gasteiger partial charge is 0.237 e. The third kappa shape index (κ3) is 4.89.